The van der Waals surface area contributed by atoms with Gasteiger partial charge in [0.05, 0.1) is 13.3 Å². The van der Waals surface area contributed by atoms with Crippen LogP contribution in [0.1, 0.15) is 28.4 Å². The van der Waals surface area contributed by atoms with Gasteiger partial charge in [-0.05, 0) is 43.8 Å². The highest BCUT2D eigenvalue weighted by Gasteiger charge is 2.42. The molecule has 0 bridgehead atoms. The van der Waals surface area contributed by atoms with Crippen molar-refractivity contribution in [2.45, 2.75) is 24.7 Å². The van der Waals surface area contributed by atoms with Crippen LogP contribution in [0.3, 0.4) is 0 Å². The number of methoxy groups -OCH3 is 1. The Labute approximate surface area is 199 Å². The molecule has 2 aromatic rings. The number of anilines is 1. The van der Waals surface area contributed by atoms with Gasteiger partial charge in [-0.25, -0.2) is 9.82 Å². The molecule has 2 aromatic carbocycles. The zero-order valence-electron chi connectivity index (χ0n) is 19.7. The highest BCUT2D eigenvalue weighted by Crippen LogP contribution is 2.36. The Hall–Kier alpha value is -2.72. The first-order chi connectivity index (χ1) is 16.5. The molecule has 5 rings (SSSR count). The molecule has 4 N–H and O–H groups in total. The molecule has 4 unspecified atom stereocenters. The Balaban J connectivity index is 1.27. The third-order valence-corrected chi connectivity index (χ3v) is 7.31. The van der Waals surface area contributed by atoms with Gasteiger partial charge in [0.1, 0.15) is 11.6 Å². The molecule has 3 aliphatic heterocycles. The number of halogens is 1. The number of nitrogens with one attached hydrogen (secondary N) is 4. The first-order valence-electron chi connectivity index (χ1n) is 11.9. The zero-order valence-corrected chi connectivity index (χ0v) is 19.7. The highest BCUT2D eigenvalue weighted by atomic mass is 19.1. The molecule has 3 saturated heterocycles. The van der Waals surface area contributed by atoms with Crippen LogP contribution in [0.15, 0.2) is 42.5 Å². The van der Waals surface area contributed by atoms with E-state index in [4.69, 9.17) is 4.74 Å². The molecule has 3 aliphatic rings. The molecule has 182 valence electrons. The average Bonchev–Trinajstić information content (AvgIpc) is 3.26. The molecule has 0 spiro atoms. The molecule has 4 atom stereocenters. The van der Waals surface area contributed by atoms with E-state index < -0.39 is 0 Å². The standard InChI is InChI=1S/C25H33FN6O2/c1-31-9-11-32(12-10-31)17-6-3-5-16(13-17)25(33)28-24-18-14-20(27-15-21(18)29-30-24)23-19(26)7-4-8-22(23)34-2/h3-8,13,18,20-21,24,27,29-30H,9-12,14-15H2,1-2H3,(H,28,33). The van der Waals surface area contributed by atoms with Gasteiger partial charge >= 0.3 is 0 Å². The summed E-state index contributed by atoms with van der Waals surface area (Å²) in [6, 6.07) is 12.7. The molecule has 0 radical (unpaired) electrons. The minimum Gasteiger partial charge on any atom is -0.496 e. The summed E-state index contributed by atoms with van der Waals surface area (Å²) >= 11 is 0. The van der Waals surface area contributed by atoms with E-state index in [9.17, 15) is 9.18 Å². The Morgan fingerprint density at radius 3 is 2.71 bits per heavy atom. The van der Waals surface area contributed by atoms with Crippen LogP contribution in [0.4, 0.5) is 10.1 Å². The van der Waals surface area contributed by atoms with Crippen molar-refractivity contribution in [3.8, 4) is 5.75 Å². The van der Waals surface area contributed by atoms with Crippen molar-refractivity contribution in [1.29, 1.82) is 0 Å². The molecule has 8 nitrogen and oxygen atoms in total. The lowest BCUT2D eigenvalue weighted by molar-refractivity contribution is 0.0913. The molecule has 1 amide bonds. The van der Waals surface area contributed by atoms with Crippen LogP contribution in [-0.2, 0) is 0 Å². The second-order valence-electron chi connectivity index (χ2n) is 9.40. The fourth-order valence-corrected chi connectivity index (χ4v) is 5.30. The van der Waals surface area contributed by atoms with Crippen molar-refractivity contribution in [3.63, 3.8) is 0 Å². The number of amides is 1. The first kappa shape index (κ1) is 23.0. The molecule has 3 fully saturated rings. The van der Waals surface area contributed by atoms with E-state index in [1.165, 1.54) is 6.07 Å². The summed E-state index contributed by atoms with van der Waals surface area (Å²) < 4.78 is 20.1. The lowest BCUT2D eigenvalue weighted by Crippen LogP contribution is -2.49. The van der Waals surface area contributed by atoms with Crippen molar-refractivity contribution < 1.29 is 13.9 Å². The molecule has 9 heteroatoms. The van der Waals surface area contributed by atoms with Crippen molar-refractivity contribution in [3.05, 3.63) is 59.4 Å². The summed E-state index contributed by atoms with van der Waals surface area (Å²) in [7, 11) is 3.69. The van der Waals surface area contributed by atoms with Crippen LogP contribution < -0.4 is 31.1 Å². The Kier molecular flexibility index (Phi) is 6.69. The Morgan fingerprint density at radius 2 is 1.91 bits per heavy atom. The monoisotopic (exact) mass is 468 g/mol. The molecule has 0 aliphatic carbocycles. The van der Waals surface area contributed by atoms with Crippen molar-refractivity contribution in [1.82, 2.24) is 26.4 Å². The van der Waals surface area contributed by atoms with E-state index in [1.807, 2.05) is 18.2 Å². The van der Waals surface area contributed by atoms with Crippen LogP contribution in [0.5, 0.6) is 5.75 Å². The van der Waals surface area contributed by atoms with Gasteiger partial charge in [0.2, 0.25) is 0 Å². The number of hydrogen-bond acceptors (Lipinski definition) is 7. The van der Waals surface area contributed by atoms with Crippen LogP contribution in [-0.4, -0.2) is 69.9 Å². The minimum atomic E-state index is -0.282. The number of nitrogens with zero attached hydrogens (tertiary/aromatic N) is 2. The maximum absolute atomic E-state index is 14.7. The lowest BCUT2D eigenvalue weighted by atomic mass is 9.84. The van der Waals surface area contributed by atoms with Gasteiger partial charge in [-0.2, -0.15) is 0 Å². The normalized spacial score (nSPS) is 27.3. The number of rotatable bonds is 5. The van der Waals surface area contributed by atoms with E-state index in [1.54, 1.807) is 19.2 Å². The molecule has 34 heavy (non-hydrogen) atoms. The van der Waals surface area contributed by atoms with Crippen molar-refractivity contribution in [2.24, 2.45) is 5.92 Å². The van der Waals surface area contributed by atoms with Gasteiger partial charge < -0.3 is 25.2 Å². The predicted molar refractivity (Wildman–Crippen MR) is 129 cm³/mol. The molecular weight excluding hydrogens is 435 g/mol. The van der Waals surface area contributed by atoms with Crippen molar-refractivity contribution >= 4 is 11.6 Å². The lowest BCUT2D eigenvalue weighted by Gasteiger charge is -2.35. The number of hydrogen-bond donors (Lipinski definition) is 4. The number of piperidine rings is 1. The number of benzene rings is 2. The molecule has 0 saturated carbocycles. The minimum absolute atomic E-state index is 0.0975. The largest absolute Gasteiger partial charge is 0.496 e. The van der Waals surface area contributed by atoms with E-state index in [-0.39, 0.29) is 35.9 Å². The van der Waals surface area contributed by atoms with Gasteiger partial charge in [-0.3, -0.25) is 10.2 Å². The average molecular weight is 469 g/mol. The number of likely N-dealkylation sites (N-methyl/N-ethyl adjacent to an activating group) is 1. The number of fused-ring (bicyclic) bond motifs is 1. The summed E-state index contributed by atoms with van der Waals surface area (Å²) in [5.41, 5.74) is 8.77. The van der Waals surface area contributed by atoms with Gasteiger partial charge in [-0.15, -0.1) is 0 Å². The number of hydrazine groups is 1. The van der Waals surface area contributed by atoms with Crippen LogP contribution >= 0.6 is 0 Å². The number of ether oxygens (including phenoxy) is 1. The summed E-state index contributed by atoms with van der Waals surface area (Å²) in [5.74, 6) is 0.238. The SMILES string of the molecule is COc1cccc(F)c1C1CC2C(CN1)NNC2NC(=O)c1cccc(N2CCN(C)CC2)c1. The fourth-order valence-electron chi connectivity index (χ4n) is 5.30. The molecular formula is C25H33FN6O2. The maximum atomic E-state index is 14.7. The first-order valence-corrected chi connectivity index (χ1v) is 11.9. The number of carbonyl (C=O) groups excluding carboxylic acids is 1. The maximum Gasteiger partial charge on any atom is 0.252 e. The number of carbonyl (C=O) groups is 1. The van der Waals surface area contributed by atoms with Gasteiger partial charge in [0, 0.05) is 67.5 Å². The summed E-state index contributed by atoms with van der Waals surface area (Å²) in [6.45, 7) is 4.59. The third kappa shape index (κ3) is 4.61. The van der Waals surface area contributed by atoms with E-state index in [2.05, 4.69) is 44.4 Å². The van der Waals surface area contributed by atoms with Crippen LogP contribution in [0.2, 0.25) is 0 Å². The van der Waals surface area contributed by atoms with E-state index >= 15 is 0 Å². The molecule has 3 heterocycles. The zero-order chi connectivity index (χ0) is 23.7. The highest BCUT2D eigenvalue weighted by molar-refractivity contribution is 5.95. The number of piperazine rings is 1. The summed E-state index contributed by atoms with van der Waals surface area (Å²) in [4.78, 5) is 17.8. The quantitative estimate of drug-likeness (QED) is 0.529. The summed E-state index contributed by atoms with van der Waals surface area (Å²) in [5, 5.41) is 6.59. The molecule has 0 aromatic heterocycles. The van der Waals surface area contributed by atoms with E-state index in [0.29, 0.717) is 29.8 Å². The van der Waals surface area contributed by atoms with Gasteiger partial charge in [0.15, 0.2) is 0 Å². The second-order valence-corrected chi connectivity index (χ2v) is 9.40. The topological polar surface area (TPSA) is 80.9 Å². The van der Waals surface area contributed by atoms with Crippen LogP contribution in [0.25, 0.3) is 0 Å². The van der Waals surface area contributed by atoms with Gasteiger partial charge in [-0.1, -0.05) is 12.1 Å². The van der Waals surface area contributed by atoms with Crippen LogP contribution in [0, 0.1) is 11.7 Å². The summed E-state index contributed by atoms with van der Waals surface area (Å²) in [6.07, 6.45) is 0.404. The smallest absolute Gasteiger partial charge is 0.252 e. The third-order valence-electron chi connectivity index (χ3n) is 7.31. The fraction of sp³-hybridized carbons (Fsp3) is 0.480. The Bertz CT molecular complexity index is 1030. The predicted octanol–water partition coefficient (Wildman–Crippen LogP) is 1.47. The van der Waals surface area contributed by atoms with E-state index in [0.717, 1.165) is 31.9 Å². The van der Waals surface area contributed by atoms with Crippen molar-refractivity contribution in [2.75, 3.05) is 51.8 Å². The van der Waals surface area contributed by atoms with Gasteiger partial charge in [0.25, 0.3) is 5.91 Å². The Morgan fingerprint density at radius 1 is 1.12 bits per heavy atom. The second kappa shape index (κ2) is 9.87.